The first-order valence-corrected chi connectivity index (χ1v) is 21.1. The number of likely N-dealkylation sites (tertiary alicyclic amines) is 1. The van der Waals surface area contributed by atoms with E-state index in [1.54, 1.807) is 11.1 Å². The zero-order valence-electron chi connectivity index (χ0n) is 33.4. The smallest absolute Gasteiger partial charge is 0.320 e. The number of primary amides is 1. The highest BCUT2D eigenvalue weighted by Gasteiger charge is 2.41. The quantitative estimate of drug-likeness (QED) is 0.218. The predicted octanol–water partition coefficient (Wildman–Crippen LogP) is 3.89. The largest absolute Gasteiger partial charge is 0.487 e. The SMILES string of the molecule is CN1CCN([C@@H]2CCCN(c3cnc(C(N)=O)c(Nc4ccc5c(c4)CCC4(CCN(C[C@H]6Cc7ccc8c(C9CCC(=O)NC9=O)noc8c7C6)CC4)O5)n3)C2)C1=O. The van der Waals surface area contributed by atoms with Crippen molar-refractivity contribution in [2.75, 3.05) is 63.1 Å². The fraction of sp³-hybridized carbons (Fsp3) is 0.512. The van der Waals surface area contributed by atoms with E-state index in [-0.39, 0.29) is 35.2 Å². The van der Waals surface area contributed by atoms with Crippen LogP contribution in [-0.2, 0) is 28.9 Å². The minimum Gasteiger partial charge on any atom is -0.487 e. The number of ether oxygens (including phenoxy) is 1. The first-order chi connectivity index (χ1) is 28.6. The van der Waals surface area contributed by atoms with Crippen LogP contribution in [0.2, 0.25) is 0 Å². The van der Waals surface area contributed by atoms with Gasteiger partial charge in [-0.25, -0.2) is 14.8 Å². The average Bonchev–Trinajstić information content (AvgIpc) is 3.95. The Hall–Kier alpha value is -5.77. The molecule has 2 aromatic heterocycles. The maximum Gasteiger partial charge on any atom is 0.320 e. The summed E-state index contributed by atoms with van der Waals surface area (Å²) in [4.78, 5) is 67.2. The number of amides is 5. The van der Waals surface area contributed by atoms with Gasteiger partial charge in [0.05, 0.1) is 18.2 Å². The number of likely N-dealkylation sites (N-methyl/N-ethyl adjacent to an activating group) is 1. The van der Waals surface area contributed by atoms with Crippen molar-refractivity contribution >= 4 is 52.0 Å². The van der Waals surface area contributed by atoms with E-state index >= 15 is 0 Å². The van der Waals surface area contributed by atoms with Crippen LogP contribution in [0.5, 0.6) is 5.75 Å². The third-order valence-electron chi connectivity index (χ3n) is 13.6. The lowest BCUT2D eigenvalue weighted by atomic mass is 9.82. The third kappa shape index (κ3) is 7.00. The number of nitrogens with one attached hydrogen (secondary N) is 2. The number of nitrogens with zero attached hydrogens (tertiary/aromatic N) is 7. The number of anilines is 3. The monoisotopic (exact) mass is 802 g/mol. The Kier molecular flexibility index (Phi) is 9.41. The molecule has 4 fully saturated rings. The van der Waals surface area contributed by atoms with E-state index in [2.05, 4.69) is 42.7 Å². The van der Waals surface area contributed by atoms with Gasteiger partial charge in [-0.2, -0.15) is 0 Å². The van der Waals surface area contributed by atoms with Crippen molar-refractivity contribution < 1.29 is 28.4 Å². The van der Waals surface area contributed by atoms with Crippen molar-refractivity contribution in [2.45, 2.75) is 81.8 Å². The lowest BCUT2D eigenvalue weighted by Gasteiger charge is -2.45. The molecule has 5 amide bonds. The summed E-state index contributed by atoms with van der Waals surface area (Å²) >= 11 is 0. The van der Waals surface area contributed by atoms with Gasteiger partial charge in [-0.1, -0.05) is 11.2 Å². The minimum absolute atomic E-state index is 0.0646. The maximum absolute atomic E-state index is 12.7. The topological polar surface area (TPSA) is 192 Å². The normalized spacial score (nSPS) is 24.3. The van der Waals surface area contributed by atoms with Gasteiger partial charge >= 0.3 is 6.03 Å². The molecule has 59 heavy (non-hydrogen) atoms. The molecule has 0 radical (unpaired) electrons. The highest BCUT2D eigenvalue weighted by Crippen LogP contribution is 2.42. The van der Waals surface area contributed by atoms with E-state index in [0.717, 1.165) is 119 Å². The molecular formula is C43H50N10O6. The Bertz CT molecular complexity index is 2360. The summed E-state index contributed by atoms with van der Waals surface area (Å²) in [6, 6.07) is 10.4. The zero-order chi connectivity index (χ0) is 40.4. The number of hydrogen-bond donors (Lipinski definition) is 3. The molecule has 10 rings (SSSR count). The standard InChI is InChI=1S/C43H50N10O6/c1-50-17-18-53(42(50)57)29-3-2-14-52(24-29)34-22-45-37(39(44)55)40(47-34)46-28-5-8-33-27(21-28)10-11-43(58-33)12-15-51(16-13-43)23-25-19-26-4-6-30-36(49-59-38(30)32(26)20-25)31-7-9-35(54)48-41(31)56/h4-6,8,21-22,25,29,31H,2-3,7,9-20,23-24H2,1H3,(H2,44,55)(H,46,47)(H,48,54,56)/t25-,29+,31?/m0/s1. The van der Waals surface area contributed by atoms with Crippen molar-refractivity contribution in [3.8, 4) is 5.75 Å². The zero-order valence-corrected chi connectivity index (χ0v) is 33.4. The first-order valence-electron chi connectivity index (χ1n) is 21.1. The fourth-order valence-corrected chi connectivity index (χ4v) is 10.4. The number of carbonyl (C=O) groups is 4. The number of rotatable bonds is 8. The van der Waals surface area contributed by atoms with Gasteiger partial charge in [-0.05, 0) is 99.1 Å². The van der Waals surface area contributed by atoms with Gasteiger partial charge in [0.2, 0.25) is 11.8 Å². The molecule has 16 heteroatoms. The van der Waals surface area contributed by atoms with Crippen LogP contribution >= 0.6 is 0 Å². The van der Waals surface area contributed by atoms with Crippen molar-refractivity contribution in [2.24, 2.45) is 11.7 Å². The molecule has 0 bridgehead atoms. The van der Waals surface area contributed by atoms with Gasteiger partial charge in [0.1, 0.15) is 22.9 Å². The summed E-state index contributed by atoms with van der Waals surface area (Å²) in [5.74, 6) is 0.645. The Morgan fingerprint density at radius 3 is 2.66 bits per heavy atom. The van der Waals surface area contributed by atoms with Crippen LogP contribution in [0, 0.1) is 5.92 Å². The van der Waals surface area contributed by atoms with Crippen molar-refractivity contribution in [3.05, 3.63) is 64.6 Å². The van der Waals surface area contributed by atoms with Gasteiger partial charge in [-0.3, -0.25) is 19.7 Å². The van der Waals surface area contributed by atoms with E-state index in [9.17, 15) is 19.2 Å². The second kappa shape index (κ2) is 14.8. The fourth-order valence-electron chi connectivity index (χ4n) is 10.4. The third-order valence-corrected chi connectivity index (χ3v) is 13.6. The highest BCUT2D eigenvalue weighted by molar-refractivity contribution is 6.02. The number of carbonyl (C=O) groups excluding carboxylic acids is 4. The summed E-state index contributed by atoms with van der Waals surface area (Å²) < 4.78 is 12.7. The lowest BCUT2D eigenvalue weighted by molar-refractivity contribution is -0.134. The first kappa shape index (κ1) is 37.5. The molecule has 5 aliphatic heterocycles. The van der Waals surface area contributed by atoms with E-state index in [0.29, 0.717) is 42.6 Å². The number of urea groups is 1. The second-order valence-electron chi connectivity index (χ2n) is 17.4. The number of benzene rings is 2. The Morgan fingerprint density at radius 1 is 1.00 bits per heavy atom. The number of aryl methyl sites for hydroxylation is 1. The highest BCUT2D eigenvalue weighted by atomic mass is 16.5. The molecule has 1 aliphatic carbocycles. The molecule has 308 valence electrons. The van der Waals surface area contributed by atoms with Gasteiger partial charge in [-0.15, -0.1) is 0 Å². The van der Waals surface area contributed by atoms with Crippen LogP contribution < -0.4 is 26.0 Å². The van der Waals surface area contributed by atoms with Crippen LogP contribution in [0.25, 0.3) is 11.0 Å². The summed E-state index contributed by atoms with van der Waals surface area (Å²) in [7, 11) is 1.84. The molecule has 2 aromatic carbocycles. The van der Waals surface area contributed by atoms with Crippen LogP contribution in [-0.4, -0.2) is 118 Å². The number of aromatic nitrogens is 3. The summed E-state index contributed by atoms with van der Waals surface area (Å²) in [5.41, 5.74) is 11.4. The summed E-state index contributed by atoms with van der Waals surface area (Å²) in [5, 5.41) is 11.0. The molecule has 4 saturated heterocycles. The molecule has 3 atom stereocenters. The van der Waals surface area contributed by atoms with E-state index in [4.69, 9.17) is 20.0 Å². The number of hydrogen-bond acceptors (Lipinski definition) is 12. The number of fused-ring (bicyclic) bond motifs is 4. The van der Waals surface area contributed by atoms with E-state index < -0.39 is 11.8 Å². The van der Waals surface area contributed by atoms with Gasteiger partial charge in [0.25, 0.3) is 5.91 Å². The molecule has 0 saturated carbocycles. The van der Waals surface area contributed by atoms with Gasteiger partial charge < -0.3 is 39.9 Å². The molecular weight excluding hydrogens is 753 g/mol. The summed E-state index contributed by atoms with van der Waals surface area (Å²) in [6.45, 7) is 5.81. The molecule has 1 unspecified atom stereocenters. The Balaban J connectivity index is 0.760. The number of imide groups is 1. The molecule has 16 nitrogen and oxygen atoms in total. The van der Waals surface area contributed by atoms with Gasteiger partial charge in [0, 0.05) is 75.9 Å². The van der Waals surface area contributed by atoms with E-state index in [1.807, 2.05) is 30.1 Å². The van der Waals surface area contributed by atoms with Gasteiger partial charge in [0.15, 0.2) is 17.1 Å². The van der Waals surface area contributed by atoms with Crippen LogP contribution in [0.4, 0.5) is 22.1 Å². The van der Waals surface area contributed by atoms with Crippen molar-refractivity contribution in [1.29, 1.82) is 0 Å². The predicted molar refractivity (Wildman–Crippen MR) is 218 cm³/mol. The number of nitrogens with two attached hydrogens (primary N) is 1. The maximum atomic E-state index is 12.7. The Labute approximate surface area is 341 Å². The molecule has 4 aromatic rings. The van der Waals surface area contributed by atoms with Crippen LogP contribution in [0.15, 0.2) is 41.1 Å². The molecule has 4 N–H and O–H groups in total. The minimum atomic E-state index is -0.659. The summed E-state index contributed by atoms with van der Waals surface area (Å²) in [6.07, 6.45) is 9.83. The Morgan fingerprint density at radius 2 is 1.86 bits per heavy atom. The van der Waals surface area contributed by atoms with E-state index in [1.165, 1.54) is 11.1 Å². The second-order valence-corrected chi connectivity index (χ2v) is 17.4. The number of piperidine rings is 3. The average molecular weight is 803 g/mol. The van der Waals surface area contributed by atoms with Crippen LogP contribution in [0.3, 0.4) is 0 Å². The van der Waals surface area contributed by atoms with Crippen LogP contribution in [0.1, 0.15) is 83.7 Å². The van der Waals surface area contributed by atoms with Crippen molar-refractivity contribution in [1.82, 2.24) is 35.1 Å². The molecule has 7 heterocycles. The van der Waals surface area contributed by atoms with Crippen molar-refractivity contribution in [3.63, 3.8) is 0 Å². The molecule has 6 aliphatic rings. The molecule has 1 spiro atoms. The lowest BCUT2D eigenvalue weighted by Crippen LogP contribution is -2.50.